The van der Waals surface area contributed by atoms with Crippen LogP contribution in [-0.2, 0) is 4.79 Å². The summed E-state index contributed by atoms with van der Waals surface area (Å²) in [5, 5.41) is 0.792. The van der Waals surface area contributed by atoms with Crippen molar-refractivity contribution in [3.63, 3.8) is 0 Å². The van der Waals surface area contributed by atoms with Crippen molar-refractivity contribution < 1.29 is 9.59 Å². The van der Waals surface area contributed by atoms with E-state index < -0.39 is 6.04 Å². The fourth-order valence-corrected chi connectivity index (χ4v) is 3.98. The Morgan fingerprint density at radius 3 is 2.68 bits per heavy atom. The molecule has 4 nitrogen and oxygen atoms in total. The SMILES string of the molecule is C#CC1CCCN(C(=O)C2CCCN2C(=O)c2cc(Cl)ccc2Cl)C1. The summed E-state index contributed by atoms with van der Waals surface area (Å²) in [6, 6.07) is 4.35. The van der Waals surface area contributed by atoms with Gasteiger partial charge in [0.05, 0.1) is 10.6 Å². The fraction of sp³-hybridized carbons (Fsp3) is 0.474. The van der Waals surface area contributed by atoms with Gasteiger partial charge in [-0.2, -0.15) is 0 Å². The molecule has 2 saturated heterocycles. The van der Waals surface area contributed by atoms with Crippen molar-refractivity contribution in [1.29, 1.82) is 0 Å². The monoisotopic (exact) mass is 378 g/mol. The van der Waals surface area contributed by atoms with Crippen molar-refractivity contribution >= 4 is 35.0 Å². The van der Waals surface area contributed by atoms with E-state index in [4.69, 9.17) is 29.6 Å². The zero-order valence-electron chi connectivity index (χ0n) is 13.9. The number of carbonyl (C=O) groups excluding carboxylic acids is 2. The van der Waals surface area contributed by atoms with Crippen LogP contribution in [-0.4, -0.2) is 47.3 Å². The molecule has 2 amide bonds. The smallest absolute Gasteiger partial charge is 0.256 e. The summed E-state index contributed by atoms with van der Waals surface area (Å²) in [4.78, 5) is 29.3. The lowest BCUT2D eigenvalue weighted by atomic mass is 9.98. The van der Waals surface area contributed by atoms with Crippen LogP contribution >= 0.6 is 23.2 Å². The van der Waals surface area contributed by atoms with Crippen LogP contribution in [0.2, 0.25) is 10.0 Å². The van der Waals surface area contributed by atoms with E-state index in [1.165, 1.54) is 0 Å². The van der Waals surface area contributed by atoms with Crippen LogP contribution in [0.3, 0.4) is 0 Å². The summed E-state index contributed by atoms with van der Waals surface area (Å²) < 4.78 is 0. The van der Waals surface area contributed by atoms with E-state index in [9.17, 15) is 9.59 Å². The topological polar surface area (TPSA) is 40.6 Å². The second kappa shape index (κ2) is 7.68. The van der Waals surface area contributed by atoms with Gasteiger partial charge in [0.25, 0.3) is 5.91 Å². The lowest BCUT2D eigenvalue weighted by molar-refractivity contribution is -0.136. The van der Waals surface area contributed by atoms with Crippen molar-refractivity contribution in [3.8, 4) is 12.3 Å². The van der Waals surface area contributed by atoms with E-state index >= 15 is 0 Å². The molecule has 1 aromatic rings. The molecule has 25 heavy (non-hydrogen) atoms. The number of rotatable bonds is 2. The van der Waals surface area contributed by atoms with Crippen LogP contribution in [0.15, 0.2) is 18.2 Å². The van der Waals surface area contributed by atoms with Crippen LogP contribution in [0.1, 0.15) is 36.0 Å². The van der Waals surface area contributed by atoms with Crippen molar-refractivity contribution in [2.45, 2.75) is 31.7 Å². The number of benzene rings is 1. The van der Waals surface area contributed by atoms with Gasteiger partial charge in [-0.1, -0.05) is 23.2 Å². The molecule has 2 unspecified atom stereocenters. The number of terminal acetylenes is 1. The van der Waals surface area contributed by atoms with Gasteiger partial charge in [-0.25, -0.2) is 0 Å². The maximum atomic E-state index is 13.0. The van der Waals surface area contributed by atoms with Crippen LogP contribution in [0.5, 0.6) is 0 Å². The zero-order chi connectivity index (χ0) is 18.0. The van der Waals surface area contributed by atoms with Gasteiger partial charge in [0.2, 0.25) is 5.91 Å². The van der Waals surface area contributed by atoms with Gasteiger partial charge in [0, 0.05) is 30.6 Å². The lowest BCUT2D eigenvalue weighted by Crippen LogP contribution is -2.50. The maximum Gasteiger partial charge on any atom is 0.256 e. The largest absolute Gasteiger partial charge is 0.340 e. The minimum absolute atomic E-state index is 0.0102. The molecule has 132 valence electrons. The van der Waals surface area contributed by atoms with Crippen LogP contribution in [0.4, 0.5) is 0 Å². The van der Waals surface area contributed by atoms with Crippen LogP contribution < -0.4 is 0 Å². The van der Waals surface area contributed by atoms with E-state index in [1.807, 2.05) is 4.90 Å². The Morgan fingerprint density at radius 2 is 1.92 bits per heavy atom. The Balaban J connectivity index is 1.78. The highest BCUT2D eigenvalue weighted by Crippen LogP contribution is 2.28. The van der Waals surface area contributed by atoms with Gasteiger partial charge in [0.1, 0.15) is 6.04 Å². The second-order valence-corrected chi connectivity index (χ2v) is 7.41. The summed E-state index contributed by atoms with van der Waals surface area (Å²) in [6.45, 7) is 1.82. The number of amides is 2. The third-order valence-corrected chi connectivity index (χ3v) is 5.49. The molecule has 2 aliphatic heterocycles. The molecule has 0 N–H and O–H groups in total. The Labute approximate surface area is 158 Å². The number of hydrogen-bond donors (Lipinski definition) is 0. The molecule has 2 atom stereocenters. The molecule has 2 fully saturated rings. The van der Waals surface area contributed by atoms with Crippen molar-refractivity contribution in [3.05, 3.63) is 33.8 Å². The third-order valence-electron chi connectivity index (χ3n) is 4.93. The Bertz CT molecular complexity index is 729. The number of halogens is 2. The van der Waals surface area contributed by atoms with Crippen LogP contribution in [0, 0.1) is 18.3 Å². The summed E-state index contributed by atoms with van der Waals surface area (Å²) in [5.74, 6) is 2.60. The van der Waals surface area contributed by atoms with Crippen molar-refractivity contribution in [2.24, 2.45) is 5.92 Å². The van der Waals surface area contributed by atoms with E-state index in [0.29, 0.717) is 41.7 Å². The first-order chi connectivity index (χ1) is 12.0. The minimum atomic E-state index is -0.445. The molecule has 0 saturated carbocycles. The average Bonchev–Trinajstić information content (AvgIpc) is 3.12. The Kier molecular flexibility index (Phi) is 5.56. The van der Waals surface area contributed by atoms with Gasteiger partial charge < -0.3 is 9.80 Å². The highest BCUT2D eigenvalue weighted by molar-refractivity contribution is 6.35. The molecule has 0 spiro atoms. The molecular weight excluding hydrogens is 359 g/mol. The standard InChI is InChI=1S/C19H20Cl2N2O2/c1-2-13-5-3-9-22(12-13)19(25)17-6-4-10-23(17)18(24)15-11-14(20)7-8-16(15)21/h1,7-8,11,13,17H,3-6,9-10,12H2. The van der Waals surface area contributed by atoms with Crippen molar-refractivity contribution in [1.82, 2.24) is 9.80 Å². The number of likely N-dealkylation sites (tertiary alicyclic amines) is 2. The van der Waals surface area contributed by atoms with E-state index in [0.717, 1.165) is 19.3 Å². The average molecular weight is 379 g/mol. The Morgan fingerprint density at radius 1 is 1.16 bits per heavy atom. The highest BCUT2D eigenvalue weighted by atomic mass is 35.5. The lowest BCUT2D eigenvalue weighted by Gasteiger charge is -2.34. The molecule has 2 aliphatic rings. The number of carbonyl (C=O) groups is 2. The second-order valence-electron chi connectivity index (χ2n) is 6.57. The number of hydrogen-bond acceptors (Lipinski definition) is 2. The van der Waals surface area contributed by atoms with Gasteiger partial charge in [0.15, 0.2) is 0 Å². The first-order valence-electron chi connectivity index (χ1n) is 8.52. The first-order valence-corrected chi connectivity index (χ1v) is 9.28. The molecular formula is C19H20Cl2N2O2. The fourth-order valence-electron chi connectivity index (χ4n) is 3.61. The molecule has 1 aromatic carbocycles. The molecule has 0 radical (unpaired) electrons. The van der Waals surface area contributed by atoms with Gasteiger partial charge >= 0.3 is 0 Å². The highest BCUT2D eigenvalue weighted by Gasteiger charge is 2.38. The maximum absolute atomic E-state index is 13.0. The minimum Gasteiger partial charge on any atom is -0.340 e. The summed E-state index contributed by atoms with van der Waals surface area (Å²) in [7, 11) is 0. The van der Waals surface area contributed by atoms with Crippen LogP contribution in [0.25, 0.3) is 0 Å². The normalized spacial score (nSPS) is 23.4. The van der Waals surface area contributed by atoms with E-state index in [2.05, 4.69) is 5.92 Å². The number of nitrogens with zero attached hydrogens (tertiary/aromatic N) is 2. The molecule has 0 aromatic heterocycles. The predicted molar refractivity (Wildman–Crippen MR) is 98.7 cm³/mol. The van der Waals surface area contributed by atoms with Gasteiger partial charge in [-0.15, -0.1) is 12.3 Å². The van der Waals surface area contributed by atoms with Crippen molar-refractivity contribution in [2.75, 3.05) is 19.6 Å². The Hall–Kier alpha value is -1.70. The zero-order valence-corrected chi connectivity index (χ0v) is 15.4. The predicted octanol–water partition coefficient (Wildman–Crippen LogP) is 3.47. The van der Waals surface area contributed by atoms with E-state index in [1.54, 1.807) is 23.1 Å². The van der Waals surface area contributed by atoms with Gasteiger partial charge in [-0.3, -0.25) is 9.59 Å². The number of piperidine rings is 1. The quantitative estimate of drug-likeness (QED) is 0.739. The molecule has 3 rings (SSSR count). The van der Waals surface area contributed by atoms with E-state index in [-0.39, 0.29) is 17.7 Å². The summed E-state index contributed by atoms with van der Waals surface area (Å²) in [6.07, 6.45) is 8.84. The molecule has 0 bridgehead atoms. The summed E-state index contributed by atoms with van der Waals surface area (Å²) in [5.41, 5.74) is 0.342. The molecule has 0 aliphatic carbocycles. The van der Waals surface area contributed by atoms with Gasteiger partial charge in [-0.05, 0) is 43.9 Å². The summed E-state index contributed by atoms with van der Waals surface area (Å²) >= 11 is 12.2. The molecule has 2 heterocycles. The third kappa shape index (κ3) is 3.78. The molecule has 6 heteroatoms. The first kappa shape index (κ1) is 18.1.